The van der Waals surface area contributed by atoms with E-state index in [9.17, 15) is 4.79 Å². The van der Waals surface area contributed by atoms with E-state index in [0.717, 1.165) is 38.2 Å². The van der Waals surface area contributed by atoms with Crippen LogP contribution in [0.1, 0.15) is 24.4 Å². The smallest absolute Gasteiger partial charge is 0.243 e. The van der Waals surface area contributed by atoms with Crippen molar-refractivity contribution in [3.8, 4) is 0 Å². The summed E-state index contributed by atoms with van der Waals surface area (Å²) in [6.07, 6.45) is 2.05. The first-order chi connectivity index (χ1) is 9.18. The van der Waals surface area contributed by atoms with Crippen LogP contribution in [-0.4, -0.2) is 37.6 Å². The molecule has 104 valence electrons. The lowest BCUT2D eigenvalue weighted by molar-refractivity contribution is -0.132. The average molecular weight is 262 g/mol. The van der Waals surface area contributed by atoms with Gasteiger partial charge in [0.1, 0.15) is 6.04 Å². The number of carbonyl (C=O) groups excluding carboxylic acids is 1. The Balaban J connectivity index is 1.91. The molecule has 4 nitrogen and oxygen atoms in total. The predicted octanol–water partition coefficient (Wildman–Crippen LogP) is 1.57. The first kappa shape index (κ1) is 14.0. The van der Waals surface area contributed by atoms with Crippen LogP contribution in [-0.2, 0) is 9.53 Å². The summed E-state index contributed by atoms with van der Waals surface area (Å²) < 4.78 is 5.33. The third-order valence-electron chi connectivity index (χ3n) is 3.67. The second kappa shape index (κ2) is 6.68. The van der Waals surface area contributed by atoms with E-state index in [1.54, 1.807) is 4.90 Å². The summed E-state index contributed by atoms with van der Waals surface area (Å²) >= 11 is 0. The number of amides is 1. The van der Waals surface area contributed by atoms with Crippen LogP contribution in [0.3, 0.4) is 0 Å². The van der Waals surface area contributed by atoms with Crippen molar-refractivity contribution in [2.45, 2.75) is 18.9 Å². The Morgan fingerprint density at radius 3 is 2.63 bits per heavy atom. The number of rotatable bonds is 4. The molecule has 1 atom stereocenters. The highest BCUT2D eigenvalue weighted by Gasteiger charge is 2.23. The maximum absolute atomic E-state index is 12.3. The summed E-state index contributed by atoms with van der Waals surface area (Å²) in [5.41, 5.74) is 6.90. The molecule has 1 heterocycles. The molecule has 1 fully saturated rings. The van der Waals surface area contributed by atoms with Gasteiger partial charge in [-0.1, -0.05) is 30.3 Å². The van der Waals surface area contributed by atoms with E-state index in [4.69, 9.17) is 10.5 Å². The van der Waals surface area contributed by atoms with Crippen molar-refractivity contribution in [1.82, 2.24) is 4.90 Å². The van der Waals surface area contributed by atoms with Crippen LogP contribution in [0, 0.1) is 5.92 Å². The summed E-state index contributed by atoms with van der Waals surface area (Å²) in [4.78, 5) is 14.0. The molecule has 1 saturated heterocycles. The minimum absolute atomic E-state index is 0.0160. The molecule has 0 spiro atoms. The highest BCUT2D eigenvalue weighted by atomic mass is 16.5. The van der Waals surface area contributed by atoms with Gasteiger partial charge in [-0.15, -0.1) is 0 Å². The molecule has 19 heavy (non-hydrogen) atoms. The Bertz CT molecular complexity index is 402. The summed E-state index contributed by atoms with van der Waals surface area (Å²) in [5, 5.41) is 0. The molecule has 1 aliphatic rings. The van der Waals surface area contributed by atoms with Crippen molar-refractivity contribution in [3.05, 3.63) is 35.9 Å². The number of hydrogen-bond donors (Lipinski definition) is 1. The van der Waals surface area contributed by atoms with Gasteiger partial charge in [-0.3, -0.25) is 4.79 Å². The Hall–Kier alpha value is -1.39. The van der Waals surface area contributed by atoms with Crippen LogP contribution >= 0.6 is 0 Å². The summed E-state index contributed by atoms with van der Waals surface area (Å²) in [6, 6.07) is 8.95. The van der Waals surface area contributed by atoms with Crippen molar-refractivity contribution in [3.63, 3.8) is 0 Å². The number of hydrogen-bond acceptors (Lipinski definition) is 3. The fourth-order valence-electron chi connectivity index (χ4n) is 2.45. The van der Waals surface area contributed by atoms with Gasteiger partial charge in [-0.2, -0.15) is 0 Å². The van der Waals surface area contributed by atoms with Crippen molar-refractivity contribution in [2.75, 3.05) is 26.8 Å². The number of nitrogens with zero attached hydrogens (tertiary/aromatic N) is 1. The molecule has 1 aliphatic heterocycles. The fraction of sp³-hybridized carbons (Fsp3) is 0.533. The Labute approximate surface area is 114 Å². The van der Waals surface area contributed by atoms with E-state index in [0.29, 0.717) is 5.92 Å². The lowest BCUT2D eigenvalue weighted by Crippen LogP contribution is -2.39. The standard InChI is InChI=1S/C15H22N2O2/c1-17(11-12-7-9-19-10-8-12)15(18)14(16)13-5-3-2-4-6-13/h2-6,12,14H,7-11,16H2,1H3. The number of nitrogens with two attached hydrogens (primary N) is 1. The monoisotopic (exact) mass is 262 g/mol. The van der Waals surface area contributed by atoms with Crippen LogP contribution < -0.4 is 5.73 Å². The molecule has 1 unspecified atom stereocenters. The molecule has 2 N–H and O–H groups in total. The SMILES string of the molecule is CN(CC1CCOCC1)C(=O)C(N)c1ccccc1. The van der Waals surface area contributed by atoms with Crippen LogP contribution in [0.25, 0.3) is 0 Å². The normalized spacial score (nSPS) is 18.0. The second-order valence-corrected chi connectivity index (χ2v) is 5.16. The predicted molar refractivity (Wildman–Crippen MR) is 74.6 cm³/mol. The van der Waals surface area contributed by atoms with Crippen molar-refractivity contribution in [1.29, 1.82) is 0 Å². The zero-order chi connectivity index (χ0) is 13.7. The van der Waals surface area contributed by atoms with Gasteiger partial charge in [0.15, 0.2) is 0 Å². The first-order valence-corrected chi connectivity index (χ1v) is 6.81. The lowest BCUT2D eigenvalue weighted by Gasteiger charge is -2.28. The zero-order valence-corrected chi connectivity index (χ0v) is 11.4. The molecule has 0 aromatic heterocycles. The molecular formula is C15H22N2O2. The number of benzene rings is 1. The maximum atomic E-state index is 12.3. The average Bonchev–Trinajstić information content (AvgIpc) is 2.47. The van der Waals surface area contributed by atoms with Gasteiger partial charge >= 0.3 is 0 Å². The van der Waals surface area contributed by atoms with E-state index >= 15 is 0 Å². The first-order valence-electron chi connectivity index (χ1n) is 6.81. The molecule has 0 aliphatic carbocycles. The quantitative estimate of drug-likeness (QED) is 0.896. The van der Waals surface area contributed by atoms with E-state index in [1.807, 2.05) is 37.4 Å². The summed E-state index contributed by atoms with van der Waals surface area (Å²) in [7, 11) is 1.83. The Kier molecular flexibility index (Phi) is 4.93. The topological polar surface area (TPSA) is 55.6 Å². The lowest BCUT2D eigenvalue weighted by atomic mass is 9.99. The molecular weight excluding hydrogens is 240 g/mol. The van der Waals surface area contributed by atoms with Gasteiger partial charge in [-0.25, -0.2) is 0 Å². The maximum Gasteiger partial charge on any atom is 0.243 e. The minimum atomic E-state index is -0.564. The van der Waals surface area contributed by atoms with E-state index in [1.165, 1.54) is 0 Å². The third kappa shape index (κ3) is 3.78. The van der Waals surface area contributed by atoms with E-state index < -0.39 is 6.04 Å². The van der Waals surface area contributed by atoms with Gasteiger partial charge in [0.05, 0.1) is 0 Å². The highest BCUT2D eigenvalue weighted by Crippen LogP contribution is 2.18. The van der Waals surface area contributed by atoms with Gasteiger partial charge in [0.25, 0.3) is 0 Å². The zero-order valence-electron chi connectivity index (χ0n) is 11.4. The molecule has 2 rings (SSSR count). The van der Waals surface area contributed by atoms with Crippen molar-refractivity contribution in [2.24, 2.45) is 11.7 Å². The van der Waals surface area contributed by atoms with Crippen molar-refractivity contribution < 1.29 is 9.53 Å². The molecule has 0 bridgehead atoms. The molecule has 1 amide bonds. The minimum Gasteiger partial charge on any atom is -0.381 e. The third-order valence-corrected chi connectivity index (χ3v) is 3.67. The molecule has 0 radical (unpaired) electrons. The Morgan fingerprint density at radius 2 is 2.00 bits per heavy atom. The van der Waals surface area contributed by atoms with Gasteiger partial charge in [-0.05, 0) is 24.3 Å². The number of likely N-dealkylation sites (N-methyl/N-ethyl adjacent to an activating group) is 1. The van der Waals surface area contributed by atoms with Gasteiger partial charge in [0.2, 0.25) is 5.91 Å². The Morgan fingerprint density at radius 1 is 1.37 bits per heavy atom. The summed E-state index contributed by atoms with van der Waals surface area (Å²) in [5.74, 6) is 0.517. The number of ether oxygens (including phenoxy) is 1. The van der Waals surface area contributed by atoms with Gasteiger partial charge in [0, 0.05) is 26.8 Å². The molecule has 0 saturated carbocycles. The van der Waals surface area contributed by atoms with Crippen LogP contribution in [0.5, 0.6) is 0 Å². The summed E-state index contributed by atoms with van der Waals surface area (Å²) in [6.45, 7) is 2.37. The van der Waals surface area contributed by atoms with Crippen LogP contribution in [0.15, 0.2) is 30.3 Å². The van der Waals surface area contributed by atoms with E-state index in [-0.39, 0.29) is 5.91 Å². The van der Waals surface area contributed by atoms with Crippen molar-refractivity contribution >= 4 is 5.91 Å². The second-order valence-electron chi connectivity index (χ2n) is 5.16. The molecule has 1 aromatic carbocycles. The van der Waals surface area contributed by atoms with Crippen LogP contribution in [0.4, 0.5) is 0 Å². The van der Waals surface area contributed by atoms with Gasteiger partial charge < -0.3 is 15.4 Å². The largest absolute Gasteiger partial charge is 0.381 e. The highest BCUT2D eigenvalue weighted by molar-refractivity contribution is 5.82. The molecule has 1 aromatic rings. The molecule has 4 heteroatoms. The van der Waals surface area contributed by atoms with E-state index in [2.05, 4.69) is 0 Å². The fourth-order valence-corrected chi connectivity index (χ4v) is 2.45. The van der Waals surface area contributed by atoms with Crippen LogP contribution in [0.2, 0.25) is 0 Å². The number of carbonyl (C=O) groups is 1.